The molecule has 0 aromatic heterocycles. The molecule has 0 radical (unpaired) electrons. The summed E-state index contributed by atoms with van der Waals surface area (Å²) in [5.41, 5.74) is -0.968. The molecule has 7 heteroatoms. The third-order valence-corrected chi connectivity index (χ3v) is 1.83. The number of methoxy groups -OCH3 is 1. The maximum absolute atomic E-state index is 13.2. The van der Waals surface area contributed by atoms with E-state index in [4.69, 9.17) is 5.26 Å². The van der Waals surface area contributed by atoms with E-state index >= 15 is 0 Å². The van der Waals surface area contributed by atoms with Gasteiger partial charge in [-0.05, 0) is 12.1 Å². The van der Waals surface area contributed by atoms with Crippen LogP contribution >= 0.6 is 0 Å². The molecule has 0 saturated heterocycles. The van der Waals surface area contributed by atoms with Crippen LogP contribution in [0.3, 0.4) is 0 Å². The molecule has 1 aromatic carbocycles. The lowest BCUT2D eigenvalue weighted by Crippen LogP contribution is -2.10. The van der Waals surface area contributed by atoms with Gasteiger partial charge in [-0.15, -0.1) is 0 Å². The SMILES string of the molecule is COC(=O)c1ccc(F)c(OC(F)F)c1C#N. The fraction of sp³-hybridized carbons (Fsp3) is 0.200. The second kappa shape index (κ2) is 5.21. The lowest BCUT2D eigenvalue weighted by atomic mass is 10.1. The van der Waals surface area contributed by atoms with Crippen molar-refractivity contribution in [1.29, 1.82) is 5.26 Å². The highest BCUT2D eigenvalue weighted by atomic mass is 19.3. The third-order valence-electron chi connectivity index (χ3n) is 1.83. The number of carbonyl (C=O) groups is 1. The quantitative estimate of drug-likeness (QED) is 0.765. The van der Waals surface area contributed by atoms with Crippen molar-refractivity contribution in [3.05, 3.63) is 29.1 Å². The number of alkyl halides is 2. The molecule has 0 aliphatic rings. The third kappa shape index (κ3) is 2.66. The van der Waals surface area contributed by atoms with E-state index in [9.17, 15) is 18.0 Å². The fourth-order valence-electron chi connectivity index (χ4n) is 1.15. The van der Waals surface area contributed by atoms with Crippen LogP contribution in [0, 0.1) is 17.1 Å². The highest BCUT2D eigenvalue weighted by molar-refractivity contribution is 5.93. The number of ether oxygens (including phenoxy) is 2. The normalized spacial score (nSPS) is 9.88. The topological polar surface area (TPSA) is 59.3 Å². The van der Waals surface area contributed by atoms with Crippen LogP contribution in [0.4, 0.5) is 13.2 Å². The summed E-state index contributed by atoms with van der Waals surface area (Å²) in [4.78, 5) is 11.2. The minimum Gasteiger partial charge on any atom is -0.465 e. The Morgan fingerprint density at radius 3 is 2.59 bits per heavy atom. The summed E-state index contributed by atoms with van der Waals surface area (Å²) in [5.74, 6) is -3.07. The van der Waals surface area contributed by atoms with Crippen LogP contribution in [0.25, 0.3) is 0 Å². The molecule has 0 bridgehead atoms. The van der Waals surface area contributed by atoms with E-state index in [1.807, 2.05) is 0 Å². The Morgan fingerprint density at radius 2 is 2.12 bits per heavy atom. The monoisotopic (exact) mass is 245 g/mol. The second-order valence-electron chi connectivity index (χ2n) is 2.78. The summed E-state index contributed by atoms with van der Waals surface area (Å²) in [5, 5.41) is 8.73. The number of halogens is 3. The van der Waals surface area contributed by atoms with Crippen LogP contribution < -0.4 is 4.74 Å². The number of nitrogens with zero attached hydrogens (tertiary/aromatic N) is 1. The van der Waals surface area contributed by atoms with Crippen molar-refractivity contribution >= 4 is 5.97 Å². The number of nitriles is 1. The van der Waals surface area contributed by atoms with Crippen LogP contribution in [0.15, 0.2) is 12.1 Å². The van der Waals surface area contributed by atoms with Crippen molar-refractivity contribution in [3.63, 3.8) is 0 Å². The van der Waals surface area contributed by atoms with Gasteiger partial charge in [-0.1, -0.05) is 0 Å². The first-order valence-electron chi connectivity index (χ1n) is 4.27. The molecule has 0 unspecified atom stereocenters. The Morgan fingerprint density at radius 1 is 1.47 bits per heavy atom. The van der Waals surface area contributed by atoms with Gasteiger partial charge in [0.05, 0.1) is 12.7 Å². The van der Waals surface area contributed by atoms with Crippen molar-refractivity contribution in [3.8, 4) is 11.8 Å². The van der Waals surface area contributed by atoms with E-state index in [0.717, 1.165) is 19.2 Å². The number of hydrogen-bond donors (Lipinski definition) is 0. The molecule has 4 nitrogen and oxygen atoms in total. The van der Waals surface area contributed by atoms with Crippen molar-refractivity contribution in [2.75, 3.05) is 7.11 Å². The molecule has 17 heavy (non-hydrogen) atoms. The van der Waals surface area contributed by atoms with Crippen molar-refractivity contribution < 1.29 is 27.4 Å². The van der Waals surface area contributed by atoms with Gasteiger partial charge in [0.25, 0.3) is 0 Å². The van der Waals surface area contributed by atoms with Crippen LogP contribution in [0.5, 0.6) is 5.75 Å². The average Bonchev–Trinajstić information content (AvgIpc) is 2.30. The van der Waals surface area contributed by atoms with Gasteiger partial charge in [0.2, 0.25) is 0 Å². The first kappa shape index (κ1) is 12.8. The van der Waals surface area contributed by atoms with Gasteiger partial charge < -0.3 is 9.47 Å². The molecular weight excluding hydrogens is 239 g/mol. The maximum Gasteiger partial charge on any atom is 0.387 e. The number of esters is 1. The summed E-state index contributed by atoms with van der Waals surface area (Å²) in [6, 6.07) is 3.12. The number of rotatable bonds is 3. The molecule has 0 saturated carbocycles. The zero-order chi connectivity index (χ0) is 13.0. The van der Waals surface area contributed by atoms with Gasteiger partial charge in [-0.25, -0.2) is 9.18 Å². The first-order chi connectivity index (χ1) is 8.01. The average molecular weight is 245 g/mol. The lowest BCUT2D eigenvalue weighted by Gasteiger charge is -2.10. The Labute approximate surface area is 94.2 Å². The van der Waals surface area contributed by atoms with Crippen LogP contribution in [-0.2, 0) is 4.74 Å². The molecule has 0 N–H and O–H groups in total. The van der Waals surface area contributed by atoms with Crippen molar-refractivity contribution in [2.24, 2.45) is 0 Å². The summed E-state index contributed by atoms with van der Waals surface area (Å²) in [7, 11) is 1.04. The Bertz CT molecular complexity index is 482. The van der Waals surface area contributed by atoms with E-state index in [1.165, 1.54) is 6.07 Å². The molecule has 1 rings (SSSR count). The van der Waals surface area contributed by atoms with Crippen LogP contribution in [0.2, 0.25) is 0 Å². The van der Waals surface area contributed by atoms with E-state index in [-0.39, 0.29) is 5.56 Å². The molecule has 1 aromatic rings. The van der Waals surface area contributed by atoms with Gasteiger partial charge in [0.15, 0.2) is 11.6 Å². The number of carbonyl (C=O) groups excluding carboxylic acids is 1. The maximum atomic E-state index is 13.2. The number of benzene rings is 1. The summed E-state index contributed by atoms with van der Waals surface area (Å²) < 4.78 is 45.4. The standard InChI is InChI=1S/C10H6F3NO3/c1-16-9(15)5-2-3-7(11)8(6(5)4-14)17-10(12)13/h2-3,10H,1H3. The minimum absolute atomic E-state index is 0.341. The van der Waals surface area contributed by atoms with Gasteiger partial charge >= 0.3 is 12.6 Å². The predicted octanol–water partition coefficient (Wildman–Crippen LogP) is 2.09. The van der Waals surface area contributed by atoms with Crippen molar-refractivity contribution in [1.82, 2.24) is 0 Å². The molecule has 0 spiro atoms. The smallest absolute Gasteiger partial charge is 0.387 e. The lowest BCUT2D eigenvalue weighted by molar-refractivity contribution is -0.0524. The molecule has 0 fully saturated rings. The second-order valence-corrected chi connectivity index (χ2v) is 2.78. The Hall–Kier alpha value is -2.23. The molecule has 0 heterocycles. The summed E-state index contributed by atoms with van der Waals surface area (Å²) in [6.45, 7) is -3.30. The molecule has 0 aliphatic carbocycles. The molecule has 0 aliphatic heterocycles. The highest BCUT2D eigenvalue weighted by Gasteiger charge is 2.22. The van der Waals surface area contributed by atoms with Crippen LogP contribution in [0.1, 0.15) is 15.9 Å². The van der Waals surface area contributed by atoms with Crippen molar-refractivity contribution in [2.45, 2.75) is 6.61 Å². The van der Waals surface area contributed by atoms with E-state index in [0.29, 0.717) is 0 Å². The van der Waals surface area contributed by atoms with E-state index < -0.39 is 29.7 Å². The minimum atomic E-state index is -3.30. The van der Waals surface area contributed by atoms with Gasteiger partial charge in [0.1, 0.15) is 11.6 Å². The van der Waals surface area contributed by atoms with Crippen LogP contribution in [-0.4, -0.2) is 19.7 Å². The molecule has 0 amide bonds. The van der Waals surface area contributed by atoms with E-state index in [1.54, 1.807) is 0 Å². The van der Waals surface area contributed by atoms with Gasteiger partial charge in [-0.2, -0.15) is 14.0 Å². The fourth-order valence-corrected chi connectivity index (χ4v) is 1.15. The molecular formula is C10H6F3NO3. The highest BCUT2D eigenvalue weighted by Crippen LogP contribution is 2.27. The summed E-state index contributed by atoms with van der Waals surface area (Å²) in [6.07, 6.45) is 0. The summed E-state index contributed by atoms with van der Waals surface area (Å²) >= 11 is 0. The Kier molecular flexibility index (Phi) is 3.93. The molecule has 0 atom stereocenters. The predicted molar refractivity (Wildman–Crippen MR) is 49.1 cm³/mol. The largest absolute Gasteiger partial charge is 0.465 e. The molecule has 90 valence electrons. The van der Waals surface area contributed by atoms with Gasteiger partial charge in [0, 0.05) is 0 Å². The number of hydrogen-bond acceptors (Lipinski definition) is 4. The zero-order valence-corrected chi connectivity index (χ0v) is 8.54. The van der Waals surface area contributed by atoms with E-state index in [2.05, 4.69) is 9.47 Å². The zero-order valence-electron chi connectivity index (χ0n) is 8.54. The van der Waals surface area contributed by atoms with Gasteiger partial charge in [-0.3, -0.25) is 0 Å². The Balaban J connectivity index is 3.37. The first-order valence-corrected chi connectivity index (χ1v) is 4.27.